The van der Waals surface area contributed by atoms with Gasteiger partial charge in [-0.2, -0.15) is 0 Å². The number of aryl methyl sites for hydroxylation is 1. The third-order valence-corrected chi connectivity index (χ3v) is 6.48. The van der Waals surface area contributed by atoms with Gasteiger partial charge in [0, 0.05) is 11.5 Å². The summed E-state index contributed by atoms with van der Waals surface area (Å²) >= 11 is 3.43. The van der Waals surface area contributed by atoms with Crippen LogP contribution >= 0.6 is 15.9 Å². The Kier molecular flexibility index (Phi) is 9.78. The number of carbonyl (C=O) groups excluding carboxylic acids is 2. The second-order valence-corrected chi connectivity index (χ2v) is 11.2. The van der Waals surface area contributed by atoms with Crippen molar-refractivity contribution in [2.75, 3.05) is 7.05 Å². The summed E-state index contributed by atoms with van der Waals surface area (Å²) in [5.74, 6) is -2.84. The smallest absolute Gasteiger partial charge is 0.333 e. The summed E-state index contributed by atoms with van der Waals surface area (Å²) in [5, 5.41) is 15.6. The molecule has 0 aliphatic carbocycles. The van der Waals surface area contributed by atoms with Gasteiger partial charge in [0.15, 0.2) is 6.10 Å². The first-order valence-electron chi connectivity index (χ1n) is 11.7. The largest absolute Gasteiger partial charge is 0.479 e. The lowest BCUT2D eigenvalue weighted by Crippen LogP contribution is -2.56. The van der Waals surface area contributed by atoms with Gasteiger partial charge < -0.3 is 25.5 Å². The number of carboxylic acids is 1. The monoisotopic (exact) mass is 566 g/mol. The number of aromatic nitrogens is 2. The molecule has 0 saturated heterocycles. The first kappa shape index (κ1) is 29.4. The van der Waals surface area contributed by atoms with E-state index in [1.54, 1.807) is 19.1 Å². The average molecular weight is 567 g/mol. The maximum absolute atomic E-state index is 13.3. The van der Waals surface area contributed by atoms with Crippen LogP contribution in [-0.2, 0) is 25.7 Å². The minimum Gasteiger partial charge on any atom is -0.479 e. The second-order valence-electron chi connectivity index (χ2n) is 10.3. The Hall–Kier alpha value is -2.79. The second kappa shape index (κ2) is 12.0. The number of aromatic amines is 1. The van der Waals surface area contributed by atoms with Crippen molar-refractivity contribution in [3.05, 3.63) is 38.3 Å². The molecule has 198 valence electrons. The standard InChI is InChI=1S/C25H35BrN4O6/c1-12(2)8-16(22(32)30-20(23(33)27-7)25(4,5)6)19(24(34)35)36-11-14-9-15-18(10-17(14)26)28-13(3)29-21(15)31/h9-10,12,16,19-20H,8,11H2,1-7H3,(H,27,33)(H,30,32)(H,34,35)(H,28,29,31)/t16-,19+,20-/m1/s1. The third kappa shape index (κ3) is 7.36. The van der Waals surface area contributed by atoms with E-state index in [4.69, 9.17) is 4.74 Å². The number of carbonyl (C=O) groups is 3. The van der Waals surface area contributed by atoms with Crippen molar-refractivity contribution in [1.82, 2.24) is 20.6 Å². The molecule has 0 saturated carbocycles. The van der Waals surface area contributed by atoms with Gasteiger partial charge in [-0.1, -0.05) is 50.5 Å². The predicted molar refractivity (Wildman–Crippen MR) is 139 cm³/mol. The fourth-order valence-electron chi connectivity index (χ4n) is 3.92. The molecule has 3 atom stereocenters. The summed E-state index contributed by atoms with van der Waals surface area (Å²) in [4.78, 5) is 57.3. The van der Waals surface area contributed by atoms with E-state index in [-0.39, 0.29) is 30.4 Å². The number of nitrogens with zero attached hydrogens (tertiary/aromatic N) is 1. The molecule has 0 radical (unpaired) electrons. The highest BCUT2D eigenvalue weighted by Crippen LogP contribution is 2.27. The van der Waals surface area contributed by atoms with E-state index >= 15 is 0 Å². The topological polar surface area (TPSA) is 150 Å². The number of fused-ring (bicyclic) bond motifs is 1. The van der Waals surface area contributed by atoms with Gasteiger partial charge in [0.25, 0.3) is 5.56 Å². The summed E-state index contributed by atoms with van der Waals surface area (Å²) in [6, 6.07) is 2.39. The predicted octanol–water partition coefficient (Wildman–Crippen LogP) is 2.90. The Morgan fingerprint density at radius 1 is 1.19 bits per heavy atom. The van der Waals surface area contributed by atoms with Gasteiger partial charge in [-0.15, -0.1) is 0 Å². The van der Waals surface area contributed by atoms with Crippen LogP contribution in [0.3, 0.4) is 0 Å². The van der Waals surface area contributed by atoms with Crippen molar-refractivity contribution < 1.29 is 24.2 Å². The zero-order valence-electron chi connectivity index (χ0n) is 21.7. The lowest BCUT2D eigenvalue weighted by Gasteiger charge is -2.32. The number of benzene rings is 1. The Balaban J connectivity index is 2.36. The first-order chi connectivity index (χ1) is 16.6. The van der Waals surface area contributed by atoms with Crippen LogP contribution in [-0.4, -0.2) is 52.1 Å². The van der Waals surface area contributed by atoms with E-state index in [9.17, 15) is 24.3 Å². The molecule has 1 aromatic carbocycles. The van der Waals surface area contributed by atoms with Crippen LogP contribution in [0.15, 0.2) is 21.4 Å². The molecule has 0 aliphatic heterocycles. The molecule has 11 heteroatoms. The van der Waals surface area contributed by atoms with Crippen LogP contribution in [0.25, 0.3) is 10.9 Å². The number of rotatable bonds is 10. The van der Waals surface area contributed by atoms with Crippen LogP contribution < -0.4 is 16.2 Å². The van der Waals surface area contributed by atoms with Crippen molar-refractivity contribution >= 4 is 44.6 Å². The Bertz CT molecular complexity index is 1190. The van der Waals surface area contributed by atoms with E-state index in [0.29, 0.717) is 26.8 Å². The van der Waals surface area contributed by atoms with E-state index in [1.807, 2.05) is 34.6 Å². The zero-order valence-corrected chi connectivity index (χ0v) is 23.3. The highest BCUT2D eigenvalue weighted by Gasteiger charge is 2.39. The number of halogens is 1. The van der Waals surface area contributed by atoms with Crippen LogP contribution in [0.2, 0.25) is 0 Å². The highest BCUT2D eigenvalue weighted by molar-refractivity contribution is 9.10. The van der Waals surface area contributed by atoms with Crippen LogP contribution in [0.5, 0.6) is 0 Å². The van der Waals surface area contributed by atoms with Crippen LogP contribution in [0.1, 0.15) is 52.4 Å². The molecule has 0 aliphatic rings. The molecule has 36 heavy (non-hydrogen) atoms. The molecule has 0 spiro atoms. The number of amides is 2. The summed E-state index contributed by atoms with van der Waals surface area (Å²) in [6.45, 7) is 10.7. The van der Waals surface area contributed by atoms with Gasteiger partial charge in [0.05, 0.1) is 23.4 Å². The molecule has 0 fully saturated rings. The quantitative estimate of drug-likeness (QED) is 0.345. The molecule has 0 bridgehead atoms. The van der Waals surface area contributed by atoms with Gasteiger partial charge in [-0.25, -0.2) is 9.78 Å². The molecule has 1 aromatic heterocycles. The maximum Gasteiger partial charge on any atom is 0.333 e. The lowest BCUT2D eigenvalue weighted by molar-refractivity contribution is -0.160. The van der Waals surface area contributed by atoms with E-state index in [0.717, 1.165) is 0 Å². The minimum atomic E-state index is -1.48. The van der Waals surface area contributed by atoms with Crippen LogP contribution in [0.4, 0.5) is 0 Å². The average Bonchev–Trinajstić information content (AvgIpc) is 2.75. The van der Waals surface area contributed by atoms with Crippen molar-refractivity contribution in [2.24, 2.45) is 17.3 Å². The fraction of sp³-hybridized carbons (Fsp3) is 0.560. The van der Waals surface area contributed by atoms with Crippen molar-refractivity contribution in [3.8, 4) is 0 Å². The number of carboxylic acid groups (broad SMARTS) is 1. The molecular weight excluding hydrogens is 532 g/mol. The molecular formula is C25H35BrN4O6. The van der Waals surface area contributed by atoms with E-state index in [2.05, 4.69) is 36.5 Å². The van der Waals surface area contributed by atoms with Crippen molar-refractivity contribution in [2.45, 2.75) is 66.7 Å². The van der Waals surface area contributed by atoms with Crippen LogP contribution in [0, 0.1) is 24.2 Å². The number of ether oxygens (including phenoxy) is 1. The number of likely N-dealkylation sites (N-methyl/N-ethyl adjacent to an activating group) is 1. The fourth-order valence-corrected chi connectivity index (χ4v) is 4.36. The lowest BCUT2D eigenvalue weighted by atomic mass is 9.84. The summed E-state index contributed by atoms with van der Waals surface area (Å²) in [7, 11) is 1.48. The summed E-state index contributed by atoms with van der Waals surface area (Å²) in [6.07, 6.45) is -1.25. The summed E-state index contributed by atoms with van der Waals surface area (Å²) < 4.78 is 6.39. The van der Waals surface area contributed by atoms with Gasteiger partial charge >= 0.3 is 5.97 Å². The molecule has 2 amide bonds. The number of nitrogens with one attached hydrogen (secondary N) is 3. The molecule has 4 N–H and O–H groups in total. The SMILES string of the molecule is CNC(=O)[C@@H](NC(=O)[C@H](CC(C)C)[C@H](OCc1cc2c(=O)[nH]c(C)nc2cc1Br)C(=O)O)C(C)(C)C. The Labute approximate surface area is 218 Å². The molecule has 1 heterocycles. The Morgan fingerprint density at radius 3 is 2.36 bits per heavy atom. The highest BCUT2D eigenvalue weighted by atomic mass is 79.9. The van der Waals surface area contributed by atoms with Gasteiger partial charge in [-0.05, 0) is 42.4 Å². The first-order valence-corrected chi connectivity index (χ1v) is 12.5. The van der Waals surface area contributed by atoms with Crippen molar-refractivity contribution in [3.63, 3.8) is 0 Å². The van der Waals surface area contributed by atoms with E-state index < -0.39 is 35.4 Å². The molecule has 2 aromatic rings. The van der Waals surface area contributed by atoms with Gasteiger partial charge in [-0.3, -0.25) is 14.4 Å². The normalized spacial score (nSPS) is 14.4. The van der Waals surface area contributed by atoms with Gasteiger partial charge in [0.2, 0.25) is 11.8 Å². The maximum atomic E-state index is 13.3. The number of aliphatic carboxylic acids is 1. The van der Waals surface area contributed by atoms with E-state index in [1.165, 1.54) is 7.05 Å². The minimum absolute atomic E-state index is 0.0143. The Morgan fingerprint density at radius 2 is 1.83 bits per heavy atom. The molecule has 2 rings (SSSR count). The van der Waals surface area contributed by atoms with Crippen molar-refractivity contribution in [1.29, 1.82) is 0 Å². The summed E-state index contributed by atoms with van der Waals surface area (Å²) in [5.41, 5.74) is 0.0980. The third-order valence-electron chi connectivity index (χ3n) is 5.74. The molecule has 10 nitrogen and oxygen atoms in total. The van der Waals surface area contributed by atoms with Gasteiger partial charge in [0.1, 0.15) is 11.9 Å². The zero-order chi connectivity index (χ0) is 27.4. The number of hydrogen-bond acceptors (Lipinski definition) is 6. The molecule has 0 unspecified atom stereocenters. The number of H-pyrrole nitrogens is 1. The number of hydrogen-bond donors (Lipinski definition) is 4.